The Morgan fingerprint density at radius 2 is 2.00 bits per heavy atom. The molecule has 0 unspecified atom stereocenters. The van der Waals surface area contributed by atoms with E-state index in [2.05, 4.69) is 34.2 Å². The van der Waals surface area contributed by atoms with Crippen molar-refractivity contribution in [3.63, 3.8) is 0 Å². The molecule has 7 nitrogen and oxygen atoms in total. The number of nitrogens with one attached hydrogen (secondary N) is 1. The van der Waals surface area contributed by atoms with E-state index in [1.807, 2.05) is 12.1 Å². The molecule has 2 aliphatic heterocycles. The number of amides is 3. The molecule has 2 aliphatic rings. The first-order valence-electron chi connectivity index (χ1n) is 8.77. The molecule has 3 amide bonds. The first-order chi connectivity index (χ1) is 12.1. The fourth-order valence-corrected chi connectivity index (χ4v) is 3.41. The van der Waals surface area contributed by atoms with Crippen LogP contribution in [0.25, 0.3) is 0 Å². The molecule has 7 heteroatoms. The molecule has 1 atom stereocenters. The van der Waals surface area contributed by atoms with Crippen molar-refractivity contribution in [3.8, 4) is 5.75 Å². The van der Waals surface area contributed by atoms with Crippen LogP contribution in [0.4, 0.5) is 4.79 Å². The maximum atomic E-state index is 12.2. The predicted octanol–water partition coefficient (Wildman–Crippen LogP) is 0.926. The van der Waals surface area contributed by atoms with Crippen LogP contribution >= 0.6 is 0 Å². The average molecular weight is 346 g/mol. The third-order valence-electron chi connectivity index (χ3n) is 5.05. The zero-order valence-electron chi connectivity index (χ0n) is 14.9. The van der Waals surface area contributed by atoms with Crippen LogP contribution in [0.15, 0.2) is 24.3 Å². The molecule has 0 radical (unpaired) electrons. The highest BCUT2D eigenvalue weighted by molar-refractivity contribution is 5.96. The number of methoxy groups -OCH3 is 1. The Hall–Kier alpha value is -2.12. The number of benzene rings is 1. The van der Waals surface area contributed by atoms with Gasteiger partial charge in [0.15, 0.2) is 0 Å². The van der Waals surface area contributed by atoms with Gasteiger partial charge in [0.2, 0.25) is 5.91 Å². The Morgan fingerprint density at radius 3 is 2.64 bits per heavy atom. The lowest BCUT2D eigenvalue weighted by Crippen LogP contribution is -2.50. The van der Waals surface area contributed by atoms with Gasteiger partial charge in [-0.2, -0.15) is 0 Å². The summed E-state index contributed by atoms with van der Waals surface area (Å²) in [4.78, 5) is 29.6. The number of carbonyl (C=O) groups is 2. The molecule has 2 saturated heterocycles. The highest BCUT2D eigenvalue weighted by atomic mass is 16.5. The van der Waals surface area contributed by atoms with E-state index in [1.165, 1.54) is 10.5 Å². The number of nitrogens with zero attached hydrogens (tertiary/aromatic N) is 3. The Kier molecular flexibility index (Phi) is 5.55. The Bertz CT molecular complexity index is 629. The number of hydrogen-bond donors (Lipinski definition) is 1. The van der Waals surface area contributed by atoms with E-state index in [1.54, 1.807) is 7.11 Å². The summed E-state index contributed by atoms with van der Waals surface area (Å²) in [7, 11) is 1.68. The molecule has 1 aromatic rings. The molecule has 0 aromatic heterocycles. The molecule has 0 aliphatic carbocycles. The second-order valence-corrected chi connectivity index (χ2v) is 6.54. The molecule has 2 heterocycles. The van der Waals surface area contributed by atoms with Crippen molar-refractivity contribution in [3.05, 3.63) is 29.8 Å². The molecule has 25 heavy (non-hydrogen) atoms. The molecule has 0 saturated carbocycles. The first-order valence-corrected chi connectivity index (χ1v) is 8.77. The van der Waals surface area contributed by atoms with Gasteiger partial charge in [-0.15, -0.1) is 0 Å². The third-order valence-corrected chi connectivity index (χ3v) is 5.05. The van der Waals surface area contributed by atoms with Crippen LogP contribution in [-0.4, -0.2) is 79.6 Å². The van der Waals surface area contributed by atoms with Gasteiger partial charge in [-0.3, -0.25) is 19.5 Å². The molecule has 1 aromatic carbocycles. The van der Waals surface area contributed by atoms with Crippen LogP contribution in [-0.2, 0) is 4.79 Å². The first kappa shape index (κ1) is 17.7. The van der Waals surface area contributed by atoms with Crippen molar-refractivity contribution in [2.24, 2.45) is 0 Å². The zero-order valence-corrected chi connectivity index (χ0v) is 14.9. The lowest BCUT2D eigenvalue weighted by molar-refractivity contribution is -0.129. The van der Waals surface area contributed by atoms with Gasteiger partial charge in [0.1, 0.15) is 5.75 Å². The quantitative estimate of drug-likeness (QED) is 0.859. The number of rotatable bonds is 5. The minimum Gasteiger partial charge on any atom is -0.497 e. The van der Waals surface area contributed by atoms with Crippen LogP contribution in [0.1, 0.15) is 18.5 Å². The van der Waals surface area contributed by atoms with E-state index in [0.717, 1.165) is 31.9 Å². The molecule has 2 fully saturated rings. The molecule has 0 bridgehead atoms. The summed E-state index contributed by atoms with van der Waals surface area (Å²) in [5, 5.41) is 2.67. The number of piperazine rings is 1. The number of hydrogen-bond acceptors (Lipinski definition) is 5. The monoisotopic (exact) mass is 346 g/mol. The van der Waals surface area contributed by atoms with Crippen LogP contribution in [0.2, 0.25) is 0 Å². The highest BCUT2D eigenvalue weighted by Gasteiger charge is 2.29. The minimum absolute atomic E-state index is 0.107. The Morgan fingerprint density at radius 1 is 1.24 bits per heavy atom. The average Bonchev–Trinajstić information content (AvgIpc) is 3.08. The van der Waals surface area contributed by atoms with Gasteiger partial charge < -0.3 is 10.1 Å². The van der Waals surface area contributed by atoms with E-state index in [0.29, 0.717) is 25.7 Å². The van der Waals surface area contributed by atoms with Crippen molar-refractivity contribution in [1.82, 2.24) is 20.0 Å². The molecule has 0 spiro atoms. The lowest BCUT2D eigenvalue weighted by atomic mass is 10.1. The molecule has 3 rings (SSSR count). The Balaban J connectivity index is 1.51. The van der Waals surface area contributed by atoms with E-state index >= 15 is 0 Å². The third kappa shape index (κ3) is 4.11. The van der Waals surface area contributed by atoms with Crippen LogP contribution in [0.3, 0.4) is 0 Å². The predicted molar refractivity (Wildman–Crippen MR) is 94.5 cm³/mol. The largest absolute Gasteiger partial charge is 0.497 e. The minimum atomic E-state index is -0.268. The van der Waals surface area contributed by atoms with Crippen molar-refractivity contribution >= 4 is 11.9 Å². The summed E-state index contributed by atoms with van der Waals surface area (Å²) in [6.45, 7) is 7.00. The lowest BCUT2D eigenvalue weighted by Gasteiger charge is -2.38. The molecule has 1 N–H and O–H groups in total. The second-order valence-electron chi connectivity index (χ2n) is 6.54. The number of ether oxygens (including phenoxy) is 1. The number of carbonyl (C=O) groups excluding carboxylic acids is 2. The van der Waals surface area contributed by atoms with Gasteiger partial charge in [0.05, 0.1) is 13.7 Å². The highest BCUT2D eigenvalue weighted by Crippen LogP contribution is 2.24. The van der Waals surface area contributed by atoms with Crippen LogP contribution in [0.5, 0.6) is 5.75 Å². The summed E-state index contributed by atoms with van der Waals surface area (Å²) in [6, 6.07) is 8.20. The fraction of sp³-hybridized carbons (Fsp3) is 0.556. The van der Waals surface area contributed by atoms with Gasteiger partial charge in [0.25, 0.3) is 0 Å². The summed E-state index contributed by atoms with van der Waals surface area (Å²) < 4.78 is 5.31. The van der Waals surface area contributed by atoms with Crippen molar-refractivity contribution in [2.75, 3.05) is 52.9 Å². The van der Waals surface area contributed by atoms with Crippen molar-refractivity contribution < 1.29 is 14.3 Å². The SMILES string of the molecule is COc1cccc([C@H](C)N2CCN(CC(=O)N3CCNC3=O)CC2)c1. The maximum absolute atomic E-state index is 12.2. The van der Waals surface area contributed by atoms with Gasteiger partial charge in [-0.25, -0.2) is 4.79 Å². The summed E-state index contributed by atoms with van der Waals surface area (Å²) in [5.74, 6) is 0.766. The fourth-order valence-electron chi connectivity index (χ4n) is 3.41. The standard InChI is InChI=1S/C18H26N4O3/c1-14(15-4-3-5-16(12-15)25-2)21-10-8-20(9-11-21)13-17(23)22-7-6-19-18(22)24/h3-5,12,14H,6-11,13H2,1-2H3,(H,19,24)/t14-/m0/s1. The van der Waals surface area contributed by atoms with Gasteiger partial charge in [0, 0.05) is 45.3 Å². The topological polar surface area (TPSA) is 65.1 Å². The maximum Gasteiger partial charge on any atom is 0.324 e. The Labute approximate surface area is 148 Å². The smallest absolute Gasteiger partial charge is 0.324 e. The van der Waals surface area contributed by atoms with E-state index in [9.17, 15) is 9.59 Å². The summed E-state index contributed by atoms with van der Waals surface area (Å²) in [5.41, 5.74) is 1.23. The summed E-state index contributed by atoms with van der Waals surface area (Å²) >= 11 is 0. The molecule has 136 valence electrons. The van der Waals surface area contributed by atoms with Crippen molar-refractivity contribution in [1.29, 1.82) is 0 Å². The molecular weight excluding hydrogens is 320 g/mol. The number of imide groups is 1. The summed E-state index contributed by atoms with van der Waals surface area (Å²) in [6.07, 6.45) is 0. The van der Waals surface area contributed by atoms with E-state index in [-0.39, 0.29) is 11.9 Å². The van der Waals surface area contributed by atoms with Crippen LogP contribution in [0, 0.1) is 0 Å². The van der Waals surface area contributed by atoms with Gasteiger partial charge in [-0.05, 0) is 24.6 Å². The zero-order chi connectivity index (χ0) is 17.8. The normalized spacial score (nSPS) is 20.4. The van der Waals surface area contributed by atoms with Gasteiger partial charge >= 0.3 is 6.03 Å². The number of urea groups is 1. The van der Waals surface area contributed by atoms with E-state index in [4.69, 9.17) is 4.74 Å². The molecular formula is C18H26N4O3. The second kappa shape index (κ2) is 7.84. The van der Waals surface area contributed by atoms with Crippen LogP contribution < -0.4 is 10.1 Å². The van der Waals surface area contributed by atoms with Gasteiger partial charge in [-0.1, -0.05) is 12.1 Å². The van der Waals surface area contributed by atoms with Crippen molar-refractivity contribution in [2.45, 2.75) is 13.0 Å². The van der Waals surface area contributed by atoms with E-state index < -0.39 is 0 Å².